The van der Waals surface area contributed by atoms with E-state index in [9.17, 15) is 0 Å². The lowest BCUT2D eigenvalue weighted by Gasteiger charge is -2.33. The van der Waals surface area contributed by atoms with E-state index >= 15 is 0 Å². The number of hydrogen-bond acceptors (Lipinski definition) is 2. The maximum Gasteiger partial charge on any atom is 0.0208 e. The summed E-state index contributed by atoms with van der Waals surface area (Å²) in [6.07, 6.45) is 8.14. The molecule has 1 aromatic carbocycles. The van der Waals surface area contributed by atoms with Crippen molar-refractivity contribution < 1.29 is 0 Å². The van der Waals surface area contributed by atoms with Gasteiger partial charge < -0.3 is 5.73 Å². The zero-order valence-electron chi connectivity index (χ0n) is 11.8. The van der Waals surface area contributed by atoms with Gasteiger partial charge in [-0.1, -0.05) is 43.2 Å². The molecule has 0 bridgehead atoms. The number of rotatable bonds is 4. The monoisotopic (exact) mass is 258 g/mol. The molecule has 1 aliphatic carbocycles. The van der Waals surface area contributed by atoms with Crippen molar-refractivity contribution in [1.29, 1.82) is 0 Å². The molecule has 1 aliphatic heterocycles. The second-order valence-corrected chi connectivity index (χ2v) is 6.35. The zero-order valence-corrected chi connectivity index (χ0v) is 11.8. The molecule has 3 atom stereocenters. The Morgan fingerprint density at radius 1 is 1.11 bits per heavy atom. The second-order valence-electron chi connectivity index (χ2n) is 6.35. The molecule has 2 aliphatic rings. The normalized spacial score (nSPS) is 29.1. The maximum absolute atomic E-state index is 6.37. The molecule has 104 valence electrons. The summed E-state index contributed by atoms with van der Waals surface area (Å²) < 4.78 is 0. The minimum atomic E-state index is 0.281. The van der Waals surface area contributed by atoms with Crippen LogP contribution in [0.15, 0.2) is 30.3 Å². The van der Waals surface area contributed by atoms with Crippen LogP contribution in [-0.2, 0) is 6.42 Å². The summed E-state index contributed by atoms with van der Waals surface area (Å²) in [4.78, 5) is 2.68. The van der Waals surface area contributed by atoms with E-state index in [2.05, 4.69) is 35.2 Å². The summed E-state index contributed by atoms with van der Waals surface area (Å²) in [5.74, 6) is 0.970. The minimum absolute atomic E-state index is 0.281. The van der Waals surface area contributed by atoms with Crippen LogP contribution in [0, 0.1) is 5.92 Å². The lowest BCUT2D eigenvalue weighted by Crippen LogP contribution is -2.43. The highest BCUT2D eigenvalue weighted by molar-refractivity contribution is 5.15. The fourth-order valence-corrected chi connectivity index (χ4v) is 4.01. The highest BCUT2D eigenvalue weighted by Gasteiger charge is 2.35. The van der Waals surface area contributed by atoms with E-state index in [1.807, 2.05) is 0 Å². The van der Waals surface area contributed by atoms with Gasteiger partial charge in [-0.15, -0.1) is 0 Å². The van der Waals surface area contributed by atoms with Crippen LogP contribution in [0.1, 0.15) is 37.7 Å². The van der Waals surface area contributed by atoms with Crippen molar-refractivity contribution in [2.24, 2.45) is 11.7 Å². The Labute approximate surface area is 117 Å². The smallest absolute Gasteiger partial charge is 0.0208 e. The Hall–Kier alpha value is -0.860. The molecule has 0 amide bonds. The van der Waals surface area contributed by atoms with Crippen molar-refractivity contribution >= 4 is 0 Å². The molecule has 1 saturated carbocycles. The van der Waals surface area contributed by atoms with Gasteiger partial charge in [-0.2, -0.15) is 0 Å². The van der Waals surface area contributed by atoms with Crippen molar-refractivity contribution in [3.05, 3.63) is 35.9 Å². The Bertz CT molecular complexity index is 390. The van der Waals surface area contributed by atoms with Crippen LogP contribution in [0.2, 0.25) is 0 Å². The zero-order chi connectivity index (χ0) is 13.1. The third-order valence-electron chi connectivity index (χ3n) is 4.93. The van der Waals surface area contributed by atoms with E-state index in [0.29, 0.717) is 0 Å². The molecule has 0 spiro atoms. The first-order valence-corrected chi connectivity index (χ1v) is 7.86. The van der Waals surface area contributed by atoms with E-state index in [-0.39, 0.29) is 6.04 Å². The van der Waals surface area contributed by atoms with Crippen LogP contribution in [0.25, 0.3) is 0 Å². The van der Waals surface area contributed by atoms with Gasteiger partial charge in [-0.3, -0.25) is 4.90 Å². The Kier molecular flexibility index (Phi) is 4.19. The van der Waals surface area contributed by atoms with Gasteiger partial charge in [-0.25, -0.2) is 0 Å². The van der Waals surface area contributed by atoms with Gasteiger partial charge in [0.1, 0.15) is 0 Å². The summed E-state index contributed by atoms with van der Waals surface area (Å²) in [7, 11) is 0. The molecule has 0 radical (unpaired) electrons. The Morgan fingerprint density at radius 2 is 1.89 bits per heavy atom. The van der Waals surface area contributed by atoms with Crippen LogP contribution in [0.3, 0.4) is 0 Å². The molecular weight excluding hydrogens is 232 g/mol. The molecular formula is C17H26N2. The number of benzene rings is 1. The fraction of sp³-hybridized carbons (Fsp3) is 0.647. The first-order chi connectivity index (χ1) is 9.33. The van der Waals surface area contributed by atoms with Crippen molar-refractivity contribution in [1.82, 2.24) is 4.90 Å². The second kappa shape index (κ2) is 6.06. The van der Waals surface area contributed by atoms with Crippen molar-refractivity contribution in [2.45, 2.75) is 50.6 Å². The van der Waals surface area contributed by atoms with E-state index in [0.717, 1.165) is 24.9 Å². The fourth-order valence-electron chi connectivity index (χ4n) is 4.01. The largest absolute Gasteiger partial charge is 0.326 e. The van der Waals surface area contributed by atoms with Gasteiger partial charge in [0, 0.05) is 18.6 Å². The van der Waals surface area contributed by atoms with Crippen LogP contribution < -0.4 is 5.73 Å². The third-order valence-corrected chi connectivity index (χ3v) is 4.93. The molecule has 3 unspecified atom stereocenters. The molecule has 2 nitrogen and oxygen atoms in total. The first kappa shape index (κ1) is 13.1. The molecule has 3 rings (SSSR count). The molecule has 2 fully saturated rings. The first-order valence-electron chi connectivity index (χ1n) is 7.86. The minimum Gasteiger partial charge on any atom is -0.326 e. The average molecular weight is 258 g/mol. The lowest BCUT2D eigenvalue weighted by atomic mass is 9.85. The summed E-state index contributed by atoms with van der Waals surface area (Å²) in [6, 6.07) is 11.8. The summed E-state index contributed by atoms with van der Waals surface area (Å²) >= 11 is 0. The SMILES string of the molecule is NC(Cc1ccccc1)CN1CCC2CCCCC21. The molecule has 2 N–H and O–H groups in total. The standard InChI is InChI=1S/C17H26N2/c18-16(12-14-6-2-1-3-7-14)13-19-11-10-15-8-4-5-9-17(15)19/h1-3,6-7,15-17H,4-5,8-13,18H2. The molecule has 1 aromatic rings. The average Bonchev–Trinajstić information content (AvgIpc) is 2.83. The van der Waals surface area contributed by atoms with Crippen LogP contribution in [0.5, 0.6) is 0 Å². The van der Waals surface area contributed by atoms with Gasteiger partial charge in [0.2, 0.25) is 0 Å². The Balaban J connectivity index is 1.53. The number of hydrogen-bond donors (Lipinski definition) is 1. The summed E-state index contributed by atoms with van der Waals surface area (Å²) in [5, 5.41) is 0. The van der Waals surface area contributed by atoms with Gasteiger partial charge >= 0.3 is 0 Å². The van der Waals surface area contributed by atoms with Crippen molar-refractivity contribution in [2.75, 3.05) is 13.1 Å². The van der Waals surface area contributed by atoms with Crippen molar-refractivity contribution in [3.8, 4) is 0 Å². The van der Waals surface area contributed by atoms with Crippen LogP contribution >= 0.6 is 0 Å². The quantitative estimate of drug-likeness (QED) is 0.900. The molecule has 19 heavy (non-hydrogen) atoms. The Morgan fingerprint density at radius 3 is 2.74 bits per heavy atom. The predicted molar refractivity (Wildman–Crippen MR) is 80.1 cm³/mol. The van der Waals surface area contributed by atoms with Crippen molar-refractivity contribution in [3.63, 3.8) is 0 Å². The number of nitrogens with two attached hydrogens (primary N) is 1. The highest BCUT2D eigenvalue weighted by Crippen LogP contribution is 2.36. The highest BCUT2D eigenvalue weighted by atomic mass is 15.2. The summed E-state index contributed by atoms with van der Waals surface area (Å²) in [5.41, 5.74) is 7.74. The topological polar surface area (TPSA) is 29.3 Å². The molecule has 0 aromatic heterocycles. The predicted octanol–water partition coefficient (Wildman–Crippen LogP) is 2.82. The van der Waals surface area contributed by atoms with Gasteiger partial charge in [0.15, 0.2) is 0 Å². The maximum atomic E-state index is 6.37. The number of fused-ring (bicyclic) bond motifs is 1. The molecule has 1 heterocycles. The van der Waals surface area contributed by atoms with E-state index < -0.39 is 0 Å². The van der Waals surface area contributed by atoms with Crippen LogP contribution in [-0.4, -0.2) is 30.1 Å². The van der Waals surface area contributed by atoms with E-state index in [1.54, 1.807) is 0 Å². The lowest BCUT2D eigenvalue weighted by molar-refractivity contribution is 0.174. The van der Waals surface area contributed by atoms with E-state index in [4.69, 9.17) is 5.73 Å². The van der Waals surface area contributed by atoms with Crippen LogP contribution in [0.4, 0.5) is 0 Å². The number of likely N-dealkylation sites (tertiary alicyclic amines) is 1. The van der Waals surface area contributed by atoms with E-state index in [1.165, 1.54) is 44.2 Å². The summed E-state index contributed by atoms with van der Waals surface area (Å²) in [6.45, 7) is 2.36. The van der Waals surface area contributed by atoms with Gasteiger partial charge in [0.25, 0.3) is 0 Å². The third kappa shape index (κ3) is 3.18. The molecule has 2 heteroatoms. The van der Waals surface area contributed by atoms with Gasteiger partial charge in [0.05, 0.1) is 0 Å². The number of nitrogens with zero attached hydrogens (tertiary/aromatic N) is 1. The van der Waals surface area contributed by atoms with Gasteiger partial charge in [-0.05, 0) is 43.7 Å². The molecule has 1 saturated heterocycles.